The maximum Gasteiger partial charge on any atom is 0.129 e. The van der Waals surface area contributed by atoms with Gasteiger partial charge in [-0.3, -0.25) is 0 Å². The number of aliphatic hydroxyl groups is 1. The Morgan fingerprint density at radius 3 is 2.64 bits per heavy atom. The standard InChI is InChI=1S/C11H16N2O/c12-10-9(5-4-8-13-10)11(14)6-2-1-3-7-11/h4-5,8,14H,1-3,6-7H2,(H2,12,13). The van der Waals surface area contributed by atoms with Gasteiger partial charge in [-0.15, -0.1) is 0 Å². The Morgan fingerprint density at radius 1 is 1.29 bits per heavy atom. The fourth-order valence-electron chi connectivity index (χ4n) is 2.22. The van der Waals surface area contributed by atoms with Crippen molar-refractivity contribution < 1.29 is 5.11 Å². The summed E-state index contributed by atoms with van der Waals surface area (Å²) in [6.07, 6.45) is 6.63. The number of nitrogens with zero attached hydrogens (tertiary/aromatic N) is 1. The third-order valence-electron chi connectivity index (χ3n) is 3.02. The van der Waals surface area contributed by atoms with Gasteiger partial charge < -0.3 is 10.8 Å². The molecule has 1 aromatic rings. The molecule has 1 aromatic heterocycles. The number of anilines is 1. The van der Waals surface area contributed by atoms with E-state index in [1.165, 1.54) is 6.42 Å². The summed E-state index contributed by atoms with van der Waals surface area (Å²) < 4.78 is 0. The fourth-order valence-corrected chi connectivity index (χ4v) is 2.22. The second-order valence-electron chi connectivity index (χ2n) is 4.03. The summed E-state index contributed by atoms with van der Waals surface area (Å²) in [5, 5.41) is 10.4. The summed E-state index contributed by atoms with van der Waals surface area (Å²) in [5.41, 5.74) is 5.85. The Balaban J connectivity index is 2.32. The quantitative estimate of drug-likeness (QED) is 0.713. The van der Waals surface area contributed by atoms with E-state index in [1.54, 1.807) is 6.20 Å². The van der Waals surface area contributed by atoms with Crippen LogP contribution < -0.4 is 5.73 Å². The molecule has 1 fully saturated rings. The first kappa shape index (κ1) is 9.46. The highest BCUT2D eigenvalue weighted by molar-refractivity contribution is 5.42. The molecule has 76 valence electrons. The van der Waals surface area contributed by atoms with E-state index in [4.69, 9.17) is 5.73 Å². The van der Waals surface area contributed by atoms with E-state index in [2.05, 4.69) is 4.98 Å². The number of rotatable bonds is 1. The third-order valence-corrected chi connectivity index (χ3v) is 3.02. The van der Waals surface area contributed by atoms with Gasteiger partial charge in [0.2, 0.25) is 0 Å². The minimum Gasteiger partial charge on any atom is -0.385 e. The number of nitrogens with two attached hydrogens (primary N) is 1. The second kappa shape index (κ2) is 3.58. The van der Waals surface area contributed by atoms with Crippen molar-refractivity contribution in [3.8, 4) is 0 Å². The van der Waals surface area contributed by atoms with Crippen LogP contribution in [0.1, 0.15) is 37.7 Å². The molecule has 0 unspecified atom stereocenters. The molecule has 0 aromatic carbocycles. The lowest BCUT2D eigenvalue weighted by Crippen LogP contribution is -2.29. The highest BCUT2D eigenvalue weighted by atomic mass is 16.3. The first-order chi connectivity index (χ1) is 6.72. The molecule has 0 spiro atoms. The van der Waals surface area contributed by atoms with Gasteiger partial charge in [-0.05, 0) is 18.9 Å². The van der Waals surface area contributed by atoms with Crippen LogP contribution in [0, 0.1) is 0 Å². The van der Waals surface area contributed by atoms with E-state index in [9.17, 15) is 5.11 Å². The minimum atomic E-state index is -0.726. The molecular formula is C11H16N2O. The van der Waals surface area contributed by atoms with E-state index >= 15 is 0 Å². The Labute approximate surface area is 84.0 Å². The molecule has 0 saturated heterocycles. The molecule has 0 bridgehead atoms. The van der Waals surface area contributed by atoms with Crippen molar-refractivity contribution in [2.75, 3.05) is 5.73 Å². The summed E-state index contributed by atoms with van der Waals surface area (Å²) >= 11 is 0. The van der Waals surface area contributed by atoms with E-state index in [0.29, 0.717) is 5.82 Å². The average Bonchev–Trinajstić information content (AvgIpc) is 2.19. The van der Waals surface area contributed by atoms with Crippen molar-refractivity contribution in [3.05, 3.63) is 23.9 Å². The molecule has 3 heteroatoms. The van der Waals surface area contributed by atoms with E-state index in [1.807, 2.05) is 12.1 Å². The van der Waals surface area contributed by atoms with Crippen molar-refractivity contribution in [1.82, 2.24) is 4.98 Å². The normalized spacial score (nSPS) is 20.6. The molecule has 0 amide bonds. The molecular weight excluding hydrogens is 176 g/mol. The molecule has 0 atom stereocenters. The van der Waals surface area contributed by atoms with Gasteiger partial charge in [-0.2, -0.15) is 0 Å². The van der Waals surface area contributed by atoms with Gasteiger partial charge in [0.05, 0.1) is 5.60 Å². The van der Waals surface area contributed by atoms with Gasteiger partial charge in [-0.1, -0.05) is 25.3 Å². The number of aromatic nitrogens is 1. The van der Waals surface area contributed by atoms with Crippen LogP contribution in [-0.4, -0.2) is 10.1 Å². The SMILES string of the molecule is Nc1ncccc1C1(O)CCCCC1. The van der Waals surface area contributed by atoms with Gasteiger partial charge in [0, 0.05) is 11.8 Å². The molecule has 2 rings (SSSR count). The van der Waals surface area contributed by atoms with Gasteiger partial charge in [0.25, 0.3) is 0 Å². The summed E-state index contributed by atoms with van der Waals surface area (Å²) in [4.78, 5) is 4.02. The van der Waals surface area contributed by atoms with Crippen LogP contribution in [0.5, 0.6) is 0 Å². The molecule has 1 aliphatic carbocycles. The van der Waals surface area contributed by atoms with Crippen molar-refractivity contribution in [1.29, 1.82) is 0 Å². The maximum absolute atomic E-state index is 10.4. The van der Waals surface area contributed by atoms with Gasteiger partial charge in [-0.25, -0.2) is 4.98 Å². The van der Waals surface area contributed by atoms with Crippen molar-refractivity contribution in [3.63, 3.8) is 0 Å². The molecule has 3 nitrogen and oxygen atoms in total. The molecule has 1 aliphatic rings. The van der Waals surface area contributed by atoms with Gasteiger partial charge >= 0.3 is 0 Å². The summed E-state index contributed by atoms with van der Waals surface area (Å²) in [6.45, 7) is 0. The van der Waals surface area contributed by atoms with Gasteiger partial charge in [0.1, 0.15) is 5.82 Å². The van der Waals surface area contributed by atoms with E-state index in [0.717, 1.165) is 31.2 Å². The Bertz CT molecular complexity index is 319. The van der Waals surface area contributed by atoms with Gasteiger partial charge in [0.15, 0.2) is 0 Å². The van der Waals surface area contributed by atoms with Crippen LogP contribution in [0.15, 0.2) is 18.3 Å². The summed E-state index contributed by atoms with van der Waals surface area (Å²) in [6, 6.07) is 3.71. The van der Waals surface area contributed by atoms with Crippen LogP contribution >= 0.6 is 0 Å². The first-order valence-electron chi connectivity index (χ1n) is 5.16. The summed E-state index contributed by atoms with van der Waals surface area (Å²) in [7, 11) is 0. The van der Waals surface area contributed by atoms with Crippen LogP contribution in [0.3, 0.4) is 0 Å². The van der Waals surface area contributed by atoms with Crippen LogP contribution in [0.4, 0.5) is 5.82 Å². The molecule has 0 radical (unpaired) electrons. The maximum atomic E-state index is 10.4. The lowest BCUT2D eigenvalue weighted by atomic mass is 9.80. The largest absolute Gasteiger partial charge is 0.385 e. The molecule has 0 aliphatic heterocycles. The molecule has 1 heterocycles. The smallest absolute Gasteiger partial charge is 0.129 e. The van der Waals surface area contributed by atoms with Crippen LogP contribution in [0.2, 0.25) is 0 Å². The van der Waals surface area contributed by atoms with Crippen molar-refractivity contribution in [2.24, 2.45) is 0 Å². The Hall–Kier alpha value is -1.09. The van der Waals surface area contributed by atoms with E-state index < -0.39 is 5.60 Å². The van der Waals surface area contributed by atoms with Crippen molar-refractivity contribution >= 4 is 5.82 Å². The Morgan fingerprint density at radius 2 is 2.00 bits per heavy atom. The highest BCUT2D eigenvalue weighted by Gasteiger charge is 2.32. The lowest BCUT2D eigenvalue weighted by molar-refractivity contribution is -0.000154. The average molecular weight is 192 g/mol. The molecule has 14 heavy (non-hydrogen) atoms. The number of hydrogen-bond donors (Lipinski definition) is 2. The molecule has 3 N–H and O–H groups in total. The van der Waals surface area contributed by atoms with Crippen molar-refractivity contribution in [2.45, 2.75) is 37.7 Å². The summed E-state index contributed by atoms with van der Waals surface area (Å²) in [5.74, 6) is 0.469. The van der Waals surface area contributed by atoms with E-state index in [-0.39, 0.29) is 0 Å². The van der Waals surface area contributed by atoms with Crippen LogP contribution in [0.25, 0.3) is 0 Å². The van der Waals surface area contributed by atoms with Crippen LogP contribution in [-0.2, 0) is 5.60 Å². The first-order valence-corrected chi connectivity index (χ1v) is 5.16. The zero-order valence-electron chi connectivity index (χ0n) is 8.24. The Kier molecular flexibility index (Phi) is 2.42. The molecule has 1 saturated carbocycles. The fraction of sp³-hybridized carbons (Fsp3) is 0.545. The number of hydrogen-bond acceptors (Lipinski definition) is 3. The monoisotopic (exact) mass is 192 g/mol. The third kappa shape index (κ3) is 1.60. The second-order valence-corrected chi connectivity index (χ2v) is 4.03. The highest BCUT2D eigenvalue weighted by Crippen LogP contribution is 2.38. The zero-order chi connectivity index (χ0) is 10.0. The lowest BCUT2D eigenvalue weighted by Gasteiger charge is -2.32. The predicted octanol–water partition coefficient (Wildman–Crippen LogP) is 1.82. The number of nitrogen functional groups attached to an aromatic ring is 1. The minimum absolute atomic E-state index is 0.469. The number of pyridine rings is 1. The topological polar surface area (TPSA) is 59.1 Å². The zero-order valence-corrected chi connectivity index (χ0v) is 8.24. The predicted molar refractivity (Wildman–Crippen MR) is 55.6 cm³/mol.